The third kappa shape index (κ3) is 2.20. The van der Waals surface area contributed by atoms with Crippen LogP contribution in [0.3, 0.4) is 0 Å². The van der Waals surface area contributed by atoms with E-state index in [2.05, 4.69) is 15.1 Å². The second kappa shape index (κ2) is 5.32. The number of methoxy groups -OCH3 is 2. The Morgan fingerprint density at radius 1 is 1.23 bits per heavy atom. The fourth-order valence-corrected chi connectivity index (χ4v) is 2.11. The molecular weight excluding hydrogens is 288 g/mol. The van der Waals surface area contributed by atoms with E-state index < -0.39 is 5.97 Å². The van der Waals surface area contributed by atoms with Gasteiger partial charge in [0.2, 0.25) is 0 Å². The summed E-state index contributed by atoms with van der Waals surface area (Å²) in [5.74, 6) is 0.231. The number of aromatic carboxylic acids is 1. The Morgan fingerprint density at radius 2 is 2.05 bits per heavy atom. The molecule has 0 saturated carbocycles. The van der Waals surface area contributed by atoms with Gasteiger partial charge in [-0.2, -0.15) is 14.6 Å². The van der Waals surface area contributed by atoms with Gasteiger partial charge >= 0.3 is 5.97 Å². The molecule has 2 heterocycles. The topological polar surface area (TPSA) is 98.8 Å². The summed E-state index contributed by atoms with van der Waals surface area (Å²) in [6.07, 6.45) is 1.25. The molecule has 0 bridgehead atoms. The maximum Gasteiger partial charge on any atom is 0.354 e. The highest BCUT2D eigenvalue weighted by Gasteiger charge is 2.17. The zero-order valence-electron chi connectivity index (χ0n) is 11.8. The van der Waals surface area contributed by atoms with Crippen molar-refractivity contribution in [3.8, 4) is 22.8 Å². The van der Waals surface area contributed by atoms with Crippen molar-refractivity contribution in [3.63, 3.8) is 0 Å². The van der Waals surface area contributed by atoms with E-state index in [1.54, 1.807) is 25.3 Å². The first kappa shape index (κ1) is 13.8. The zero-order valence-corrected chi connectivity index (χ0v) is 11.8. The maximum atomic E-state index is 11.4. The van der Waals surface area contributed by atoms with Crippen LogP contribution in [0.4, 0.5) is 0 Å². The Kier molecular flexibility index (Phi) is 3.34. The van der Waals surface area contributed by atoms with Crippen LogP contribution in [0.1, 0.15) is 10.5 Å². The molecule has 8 nitrogen and oxygen atoms in total. The molecule has 0 aliphatic rings. The molecule has 3 rings (SSSR count). The van der Waals surface area contributed by atoms with Crippen molar-refractivity contribution in [2.24, 2.45) is 0 Å². The number of hydrogen-bond acceptors (Lipinski definition) is 6. The molecule has 8 heteroatoms. The second-order valence-corrected chi connectivity index (χ2v) is 4.37. The van der Waals surface area contributed by atoms with Gasteiger partial charge in [-0.05, 0) is 18.2 Å². The summed E-state index contributed by atoms with van der Waals surface area (Å²) in [5.41, 5.74) is 1.03. The molecule has 0 atom stereocenters. The third-order valence-electron chi connectivity index (χ3n) is 3.16. The van der Waals surface area contributed by atoms with Gasteiger partial charge in [0, 0.05) is 11.6 Å². The van der Waals surface area contributed by atoms with Crippen molar-refractivity contribution in [2.75, 3.05) is 14.2 Å². The predicted octanol–water partition coefficient (Wildman–Crippen LogP) is 1.51. The Bertz CT molecular complexity index is 859. The second-order valence-electron chi connectivity index (χ2n) is 4.37. The molecule has 0 unspecified atom stereocenters. The molecule has 3 aromatic rings. The first-order chi connectivity index (χ1) is 10.6. The standard InChI is InChI=1S/C14H12N4O4/c1-21-8-3-4-9(12(5-8)22-2)10-6-11(13(19)20)18-14(17-10)15-7-16-18/h3-7H,1-2H3,(H,19,20). The SMILES string of the molecule is COc1ccc(-c2cc(C(=O)O)n3ncnc3n2)c(OC)c1. The van der Waals surface area contributed by atoms with Crippen molar-refractivity contribution < 1.29 is 19.4 Å². The van der Waals surface area contributed by atoms with E-state index in [1.165, 1.54) is 24.0 Å². The number of benzene rings is 1. The van der Waals surface area contributed by atoms with Crippen LogP contribution in [0.5, 0.6) is 11.5 Å². The lowest BCUT2D eigenvalue weighted by atomic mass is 10.1. The van der Waals surface area contributed by atoms with E-state index in [0.29, 0.717) is 22.8 Å². The number of nitrogens with zero attached hydrogens (tertiary/aromatic N) is 4. The van der Waals surface area contributed by atoms with Gasteiger partial charge in [0.25, 0.3) is 5.78 Å². The van der Waals surface area contributed by atoms with Gasteiger partial charge in [-0.15, -0.1) is 0 Å². The highest BCUT2D eigenvalue weighted by atomic mass is 16.5. The van der Waals surface area contributed by atoms with Crippen molar-refractivity contribution in [1.82, 2.24) is 19.6 Å². The summed E-state index contributed by atoms with van der Waals surface area (Å²) in [6.45, 7) is 0. The summed E-state index contributed by atoms with van der Waals surface area (Å²) in [5, 5.41) is 13.2. The Labute approximate surface area is 125 Å². The Hall–Kier alpha value is -3.16. The van der Waals surface area contributed by atoms with Gasteiger partial charge in [-0.3, -0.25) is 0 Å². The van der Waals surface area contributed by atoms with E-state index in [0.717, 1.165) is 0 Å². The monoisotopic (exact) mass is 300 g/mol. The van der Waals surface area contributed by atoms with Crippen LogP contribution in [0, 0.1) is 0 Å². The predicted molar refractivity (Wildman–Crippen MR) is 76.3 cm³/mol. The number of rotatable bonds is 4. The van der Waals surface area contributed by atoms with Gasteiger partial charge in [-0.25, -0.2) is 9.78 Å². The van der Waals surface area contributed by atoms with Crippen molar-refractivity contribution in [1.29, 1.82) is 0 Å². The number of carboxylic acids is 1. The molecule has 0 spiro atoms. The maximum absolute atomic E-state index is 11.4. The summed E-state index contributed by atoms with van der Waals surface area (Å²) in [6, 6.07) is 6.62. The molecule has 0 fully saturated rings. The van der Waals surface area contributed by atoms with Crippen LogP contribution in [0.15, 0.2) is 30.6 Å². The van der Waals surface area contributed by atoms with Crippen LogP contribution in [0.25, 0.3) is 17.0 Å². The minimum atomic E-state index is -1.12. The summed E-state index contributed by atoms with van der Waals surface area (Å²) < 4.78 is 11.6. The highest BCUT2D eigenvalue weighted by molar-refractivity contribution is 5.88. The average molecular weight is 300 g/mol. The summed E-state index contributed by atoms with van der Waals surface area (Å²) in [7, 11) is 3.07. The van der Waals surface area contributed by atoms with E-state index in [9.17, 15) is 9.90 Å². The van der Waals surface area contributed by atoms with Crippen molar-refractivity contribution in [2.45, 2.75) is 0 Å². The minimum absolute atomic E-state index is 0.0321. The molecule has 0 radical (unpaired) electrons. The van der Waals surface area contributed by atoms with Crippen LogP contribution >= 0.6 is 0 Å². The largest absolute Gasteiger partial charge is 0.497 e. The molecule has 0 aliphatic carbocycles. The zero-order chi connectivity index (χ0) is 15.7. The lowest BCUT2D eigenvalue weighted by Crippen LogP contribution is -2.08. The fourth-order valence-electron chi connectivity index (χ4n) is 2.11. The third-order valence-corrected chi connectivity index (χ3v) is 3.16. The number of carbonyl (C=O) groups is 1. The van der Waals surface area contributed by atoms with Gasteiger partial charge in [0.05, 0.1) is 19.9 Å². The normalized spacial score (nSPS) is 10.6. The van der Waals surface area contributed by atoms with Gasteiger partial charge in [0.1, 0.15) is 17.8 Å². The first-order valence-electron chi connectivity index (χ1n) is 6.30. The van der Waals surface area contributed by atoms with Gasteiger partial charge in [0.15, 0.2) is 5.69 Å². The van der Waals surface area contributed by atoms with E-state index in [4.69, 9.17) is 9.47 Å². The lowest BCUT2D eigenvalue weighted by Gasteiger charge is -2.10. The van der Waals surface area contributed by atoms with Crippen LogP contribution in [-0.4, -0.2) is 44.9 Å². The van der Waals surface area contributed by atoms with Crippen molar-refractivity contribution in [3.05, 3.63) is 36.3 Å². The molecule has 2 aromatic heterocycles. The van der Waals surface area contributed by atoms with Crippen LogP contribution in [-0.2, 0) is 0 Å². The first-order valence-corrected chi connectivity index (χ1v) is 6.30. The number of hydrogen-bond donors (Lipinski definition) is 1. The molecule has 0 saturated heterocycles. The smallest absolute Gasteiger partial charge is 0.354 e. The Balaban J connectivity index is 2.24. The van der Waals surface area contributed by atoms with E-state index in [1.807, 2.05) is 0 Å². The molecule has 1 aromatic carbocycles. The molecule has 1 N–H and O–H groups in total. The molecule has 22 heavy (non-hydrogen) atoms. The number of carboxylic acid groups (broad SMARTS) is 1. The lowest BCUT2D eigenvalue weighted by molar-refractivity contribution is 0.0687. The van der Waals surface area contributed by atoms with Crippen LogP contribution in [0.2, 0.25) is 0 Å². The van der Waals surface area contributed by atoms with Gasteiger partial charge in [-0.1, -0.05) is 0 Å². The fraction of sp³-hybridized carbons (Fsp3) is 0.143. The Morgan fingerprint density at radius 3 is 2.73 bits per heavy atom. The van der Waals surface area contributed by atoms with E-state index in [-0.39, 0.29) is 11.5 Å². The molecule has 112 valence electrons. The molecule has 0 amide bonds. The van der Waals surface area contributed by atoms with Crippen LogP contribution < -0.4 is 9.47 Å². The van der Waals surface area contributed by atoms with E-state index >= 15 is 0 Å². The number of aromatic nitrogens is 4. The molecular formula is C14H12N4O4. The number of ether oxygens (including phenoxy) is 2. The quantitative estimate of drug-likeness (QED) is 0.779. The minimum Gasteiger partial charge on any atom is -0.497 e. The van der Waals surface area contributed by atoms with Crippen molar-refractivity contribution >= 4 is 11.7 Å². The van der Waals surface area contributed by atoms with Gasteiger partial charge < -0.3 is 14.6 Å². The molecule has 0 aliphatic heterocycles. The highest BCUT2D eigenvalue weighted by Crippen LogP contribution is 2.32. The average Bonchev–Trinajstić information content (AvgIpc) is 3.01. The summed E-state index contributed by atoms with van der Waals surface area (Å²) >= 11 is 0. The summed E-state index contributed by atoms with van der Waals surface area (Å²) in [4.78, 5) is 19.7. The number of fused-ring (bicyclic) bond motifs is 1.